The number of nitrogens with zero attached hydrogens (tertiary/aromatic N) is 1. The standard InChI is InChI=1S/C15H17ClN2O5S/c1-3-22-15(19)14-9-12(18-23-24(2,20)21)8-13(17-14)10-4-6-11(16)7-5-10/h4-7,9,13,17H,3,8H2,1-2H3/b18-12-. The van der Waals surface area contributed by atoms with Crippen LogP contribution in [0.15, 0.2) is 41.2 Å². The maximum absolute atomic E-state index is 12.0. The van der Waals surface area contributed by atoms with E-state index in [2.05, 4.69) is 14.8 Å². The fourth-order valence-corrected chi connectivity index (χ4v) is 2.47. The van der Waals surface area contributed by atoms with Gasteiger partial charge in [-0.2, -0.15) is 8.42 Å². The van der Waals surface area contributed by atoms with Gasteiger partial charge in [0.15, 0.2) is 0 Å². The van der Waals surface area contributed by atoms with E-state index in [0.29, 0.717) is 17.2 Å². The van der Waals surface area contributed by atoms with Crippen molar-refractivity contribution >= 4 is 33.4 Å². The van der Waals surface area contributed by atoms with Gasteiger partial charge < -0.3 is 10.1 Å². The van der Waals surface area contributed by atoms with Gasteiger partial charge in [0.25, 0.3) is 0 Å². The van der Waals surface area contributed by atoms with Crippen molar-refractivity contribution in [2.75, 3.05) is 12.9 Å². The zero-order valence-corrected chi connectivity index (χ0v) is 14.7. The van der Waals surface area contributed by atoms with Crippen LogP contribution in [0.4, 0.5) is 0 Å². The van der Waals surface area contributed by atoms with E-state index in [1.165, 1.54) is 6.08 Å². The molecule has 9 heteroatoms. The van der Waals surface area contributed by atoms with Crippen molar-refractivity contribution in [1.29, 1.82) is 0 Å². The molecule has 1 heterocycles. The zero-order chi connectivity index (χ0) is 17.7. The minimum Gasteiger partial charge on any atom is -0.461 e. The molecule has 0 fully saturated rings. The predicted octanol–water partition coefficient (Wildman–Crippen LogP) is 2.15. The molecule has 0 saturated carbocycles. The Bertz CT molecular complexity index is 772. The Labute approximate surface area is 145 Å². The van der Waals surface area contributed by atoms with Gasteiger partial charge in [0, 0.05) is 11.4 Å². The summed E-state index contributed by atoms with van der Waals surface area (Å²) in [5, 5.41) is 7.27. The molecule has 1 atom stereocenters. The predicted molar refractivity (Wildman–Crippen MR) is 90.0 cm³/mol. The van der Waals surface area contributed by atoms with Gasteiger partial charge in [-0.15, -0.1) is 0 Å². The minimum absolute atomic E-state index is 0.180. The largest absolute Gasteiger partial charge is 0.461 e. The Balaban J connectivity index is 2.31. The lowest BCUT2D eigenvalue weighted by molar-refractivity contribution is -0.139. The molecule has 1 aliphatic heterocycles. The van der Waals surface area contributed by atoms with Crippen LogP contribution in [0, 0.1) is 0 Å². The molecular weight excluding hydrogens is 356 g/mol. The molecule has 0 amide bonds. The fraction of sp³-hybridized carbons (Fsp3) is 0.333. The number of carbonyl (C=O) groups is 1. The average Bonchev–Trinajstić information content (AvgIpc) is 2.53. The van der Waals surface area contributed by atoms with Crippen LogP contribution in [0.25, 0.3) is 0 Å². The summed E-state index contributed by atoms with van der Waals surface area (Å²) in [4.78, 5) is 12.0. The first-order valence-electron chi connectivity index (χ1n) is 7.15. The molecule has 0 spiro atoms. The first kappa shape index (κ1) is 18.3. The molecular formula is C15H17ClN2O5S. The molecule has 1 aromatic carbocycles. The SMILES string of the molecule is CCOC(=O)C1=C/C(=N\OS(C)(=O)=O)CC(c2ccc(Cl)cc2)N1. The van der Waals surface area contributed by atoms with Gasteiger partial charge in [-0.3, -0.25) is 4.28 Å². The molecule has 0 bridgehead atoms. The number of hydrogen-bond donors (Lipinski definition) is 1. The molecule has 0 aliphatic carbocycles. The van der Waals surface area contributed by atoms with Crippen LogP contribution in [0.1, 0.15) is 24.9 Å². The number of carbonyl (C=O) groups excluding carboxylic acids is 1. The monoisotopic (exact) mass is 372 g/mol. The molecule has 1 N–H and O–H groups in total. The number of ether oxygens (including phenoxy) is 1. The number of allylic oxidation sites excluding steroid dienone is 1. The highest BCUT2D eigenvalue weighted by Crippen LogP contribution is 2.25. The van der Waals surface area contributed by atoms with Gasteiger partial charge >= 0.3 is 16.1 Å². The second-order valence-electron chi connectivity index (χ2n) is 5.09. The smallest absolute Gasteiger partial charge is 0.354 e. The summed E-state index contributed by atoms with van der Waals surface area (Å²) in [7, 11) is -3.73. The Hall–Kier alpha value is -2.06. The lowest BCUT2D eigenvalue weighted by atomic mass is 9.97. The van der Waals surface area contributed by atoms with Gasteiger partial charge in [0.1, 0.15) is 5.70 Å². The third kappa shape index (κ3) is 5.24. The van der Waals surface area contributed by atoms with E-state index in [4.69, 9.17) is 16.3 Å². The van der Waals surface area contributed by atoms with E-state index in [1.54, 1.807) is 19.1 Å². The maximum atomic E-state index is 12.0. The Morgan fingerprint density at radius 3 is 2.62 bits per heavy atom. The topological polar surface area (TPSA) is 94.1 Å². The van der Waals surface area contributed by atoms with E-state index in [-0.39, 0.29) is 18.3 Å². The first-order valence-corrected chi connectivity index (χ1v) is 9.34. The van der Waals surface area contributed by atoms with E-state index in [0.717, 1.165) is 11.8 Å². The van der Waals surface area contributed by atoms with Crippen molar-refractivity contribution in [2.24, 2.45) is 5.16 Å². The summed E-state index contributed by atoms with van der Waals surface area (Å²) >= 11 is 5.88. The van der Waals surface area contributed by atoms with Crippen LogP contribution in [-0.4, -0.2) is 33.0 Å². The van der Waals surface area contributed by atoms with E-state index < -0.39 is 16.1 Å². The quantitative estimate of drug-likeness (QED) is 0.628. The van der Waals surface area contributed by atoms with Gasteiger partial charge in [-0.05, 0) is 30.7 Å². The van der Waals surface area contributed by atoms with Crippen molar-refractivity contribution < 1.29 is 22.2 Å². The molecule has 1 aromatic rings. The number of oxime groups is 1. The van der Waals surface area contributed by atoms with Crippen molar-refractivity contribution in [3.8, 4) is 0 Å². The number of esters is 1. The van der Waals surface area contributed by atoms with Crippen molar-refractivity contribution in [1.82, 2.24) is 5.32 Å². The Morgan fingerprint density at radius 1 is 1.38 bits per heavy atom. The van der Waals surface area contributed by atoms with Crippen LogP contribution in [-0.2, 0) is 23.9 Å². The lowest BCUT2D eigenvalue weighted by Gasteiger charge is -2.25. The maximum Gasteiger partial charge on any atom is 0.354 e. The second-order valence-corrected chi connectivity index (χ2v) is 7.09. The molecule has 0 saturated heterocycles. The third-order valence-electron chi connectivity index (χ3n) is 3.11. The summed E-state index contributed by atoms with van der Waals surface area (Å²) in [6.45, 7) is 1.91. The number of halogens is 1. The third-order valence-corrected chi connectivity index (χ3v) is 3.71. The molecule has 1 aliphatic rings. The highest BCUT2D eigenvalue weighted by atomic mass is 35.5. The van der Waals surface area contributed by atoms with Crippen LogP contribution >= 0.6 is 11.6 Å². The van der Waals surface area contributed by atoms with Crippen molar-refractivity contribution in [2.45, 2.75) is 19.4 Å². The second kappa shape index (κ2) is 7.67. The number of rotatable bonds is 5. The lowest BCUT2D eigenvalue weighted by Crippen LogP contribution is -2.33. The fourth-order valence-electron chi connectivity index (χ4n) is 2.12. The number of hydrogen-bond acceptors (Lipinski definition) is 7. The summed E-state index contributed by atoms with van der Waals surface area (Å²) in [5.41, 5.74) is 1.35. The molecule has 1 unspecified atom stereocenters. The molecule has 0 aromatic heterocycles. The molecule has 7 nitrogen and oxygen atoms in total. The number of nitrogens with one attached hydrogen (secondary N) is 1. The zero-order valence-electron chi connectivity index (χ0n) is 13.2. The highest BCUT2D eigenvalue weighted by Gasteiger charge is 2.25. The van der Waals surface area contributed by atoms with Gasteiger partial charge in [0.05, 0.1) is 24.6 Å². The van der Waals surface area contributed by atoms with Crippen molar-refractivity contribution in [3.63, 3.8) is 0 Å². The van der Waals surface area contributed by atoms with E-state index in [1.807, 2.05) is 12.1 Å². The Kier molecular flexibility index (Phi) is 5.84. The van der Waals surface area contributed by atoms with Crippen LogP contribution in [0.3, 0.4) is 0 Å². The minimum atomic E-state index is -3.73. The van der Waals surface area contributed by atoms with Crippen LogP contribution < -0.4 is 5.32 Å². The molecule has 24 heavy (non-hydrogen) atoms. The van der Waals surface area contributed by atoms with Crippen molar-refractivity contribution in [3.05, 3.63) is 46.6 Å². The van der Waals surface area contributed by atoms with Gasteiger partial charge in [-0.25, -0.2) is 4.79 Å². The summed E-state index contributed by atoms with van der Waals surface area (Å²) in [6.07, 6.45) is 2.64. The van der Waals surface area contributed by atoms with E-state index in [9.17, 15) is 13.2 Å². The summed E-state index contributed by atoms with van der Waals surface area (Å²) in [5.74, 6) is -0.553. The normalized spacial score (nSPS) is 19.4. The summed E-state index contributed by atoms with van der Waals surface area (Å²) in [6, 6.07) is 6.77. The molecule has 0 radical (unpaired) electrons. The summed E-state index contributed by atoms with van der Waals surface area (Å²) < 4.78 is 31.7. The Morgan fingerprint density at radius 2 is 2.04 bits per heavy atom. The highest BCUT2D eigenvalue weighted by molar-refractivity contribution is 7.85. The van der Waals surface area contributed by atoms with E-state index >= 15 is 0 Å². The first-order chi connectivity index (χ1) is 11.3. The van der Waals surface area contributed by atoms with Gasteiger partial charge in [-0.1, -0.05) is 28.9 Å². The van der Waals surface area contributed by atoms with Crippen LogP contribution in [0.5, 0.6) is 0 Å². The van der Waals surface area contributed by atoms with Gasteiger partial charge in [0.2, 0.25) is 0 Å². The number of benzene rings is 1. The molecule has 130 valence electrons. The molecule has 2 rings (SSSR count). The average molecular weight is 373 g/mol. The van der Waals surface area contributed by atoms with Crippen LogP contribution in [0.2, 0.25) is 5.02 Å².